The zero-order chi connectivity index (χ0) is 16.9. The summed E-state index contributed by atoms with van der Waals surface area (Å²) in [5, 5.41) is 3.46. The molecule has 0 spiro atoms. The molecule has 0 radical (unpaired) electrons. The second-order valence-electron chi connectivity index (χ2n) is 5.76. The summed E-state index contributed by atoms with van der Waals surface area (Å²) in [5.41, 5.74) is 4.38. The van der Waals surface area contributed by atoms with Gasteiger partial charge in [-0.15, -0.1) is 0 Å². The molecule has 5 heteroatoms. The van der Waals surface area contributed by atoms with E-state index in [1.54, 1.807) is 0 Å². The molecular formula is C19H21N5. The van der Waals surface area contributed by atoms with E-state index in [-0.39, 0.29) is 6.04 Å². The van der Waals surface area contributed by atoms with Crippen LogP contribution in [0.1, 0.15) is 37.0 Å². The Hall–Kier alpha value is -2.82. The van der Waals surface area contributed by atoms with Crippen LogP contribution in [-0.2, 0) is 6.42 Å². The van der Waals surface area contributed by atoms with Gasteiger partial charge in [-0.3, -0.25) is 0 Å². The van der Waals surface area contributed by atoms with Crippen LogP contribution in [-0.4, -0.2) is 19.9 Å². The van der Waals surface area contributed by atoms with Gasteiger partial charge < -0.3 is 5.32 Å². The lowest BCUT2D eigenvalue weighted by Gasteiger charge is -2.16. The Balaban J connectivity index is 1.76. The Morgan fingerprint density at radius 1 is 1.00 bits per heavy atom. The van der Waals surface area contributed by atoms with E-state index in [1.165, 1.54) is 11.9 Å². The van der Waals surface area contributed by atoms with Gasteiger partial charge in [-0.1, -0.05) is 31.2 Å². The number of nitrogens with zero attached hydrogens (tertiary/aromatic N) is 4. The van der Waals surface area contributed by atoms with Crippen molar-refractivity contribution in [2.45, 2.75) is 33.2 Å². The predicted molar refractivity (Wildman–Crippen MR) is 95.7 cm³/mol. The summed E-state index contributed by atoms with van der Waals surface area (Å²) in [4.78, 5) is 17.0. The topological polar surface area (TPSA) is 63.6 Å². The number of hydrogen-bond donors (Lipinski definition) is 1. The maximum Gasteiger partial charge on any atom is 0.130 e. The van der Waals surface area contributed by atoms with Crippen LogP contribution in [0.3, 0.4) is 0 Å². The largest absolute Gasteiger partial charge is 0.363 e. The van der Waals surface area contributed by atoms with Crippen molar-refractivity contribution in [3.05, 3.63) is 66.1 Å². The van der Waals surface area contributed by atoms with Gasteiger partial charge >= 0.3 is 0 Å². The molecule has 24 heavy (non-hydrogen) atoms. The Kier molecular flexibility index (Phi) is 4.79. The molecule has 3 aromatic rings. The van der Waals surface area contributed by atoms with Crippen LogP contribution < -0.4 is 5.32 Å². The van der Waals surface area contributed by atoms with Gasteiger partial charge in [0, 0.05) is 35.8 Å². The van der Waals surface area contributed by atoms with Crippen LogP contribution >= 0.6 is 0 Å². The number of hydrogen-bond acceptors (Lipinski definition) is 5. The Morgan fingerprint density at radius 3 is 2.38 bits per heavy atom. The zero-order valence-corrected chi connectivity index (χ0v) is 14.2. The van der Waals surface area contributed by atoms with Crippen LogP contribution in [0.15, 0.2) is 49.1 Å². The fourth-order valence-corrected chi connectivity index (χ4v) is 2.60. The van der Waals surface area contributed by atoms with Crippen LogP contribution in [0, 0.1) is 6.92 Å². The lowest BCUT2D eigenvalue weighted by atomic mass is 10.0. The highest BCUT2D eigenvalue weighted by Crippen LogP contribution is 2.23. The van der Waals surface area contributed by atoms with E-state index in [0.29, 0.717) is 0 Å². The van der Waals surface area contributed by atoms with E-state index < -0.39 is 0 Å². The summed E-state index contributed by atoms with van der Waals surface area (Å²) in [6, 6.07) is 10.6. The van der Waals surface area contributed by atoms with E-state index in [1.807, 2.05) is 25.4 Å². The quantitative estimate of drug-likeness (QED) is 0.770. The van der Waals surface area contributed by atoms with Gasteiger partial charge in [0.2, 0.25) is 0 Å². The molecule has 122 valence electrons. The van der Waals surface area contributed by atoms with Crippen molar-refractivity contribution in [3.8, 4) is 11.1 Å². The number of nitrogens with one attached hydrogen (secondary N) is 1. The van der Waals surface area contributed by atoms with Crippen molar-refractivity contribution in [1.82, 2.24) is 19.9 Å². The van der Waals surface area contributed by atoms with Gasteiger partial charge in [0.1, 0.15) is 18.0 Å². The van der Waals surface area contributed by atoms with E-state index in [0.717, 1.165) is 34.9 Å². The molecule has 1 unspecified atom stereocenters. The monoisotopic (exact) mass is 319 g/mol. The molecule has 0 fully saturated rings. The second-order valence-corrected chi connectivity index (χ2v) is 5.76. The fraction of sp³-hybridized carbons (Fsp3) is 0.263. The SMILES string of the molecule is CCc1cc(NC(C)c2ccc(-c3cncnc3)cc2)nc(C)n1. The van der Waals surface area contributed by atoms with Gasteiger partial charge in [0.25, 0.3) is 0 Å². The van der Waals surface area contributed by atoms with Crippen LogP contribution in [0.25, 0.3) is 11.1 Å². The summed E-state index contributed by atoms with van der Waals surface area (Å²) in [5.74, 6) is 1.66. The number of anilines is 1. The van der Waals surface area contributed by atoms with Gasteiger partial charge in [-0.2, -0.15) is 0 Å². The first-order chi connectivity index (χ1) is 11.7. The van der Waals surface area contributed by atoms with E-state index in [9.17, 15) is 0 Å². The lowest BCUT2D eigenvalue weighted by molar-refractivity contribution is 0.858. The highest BCUT2D eigenvalue weighted by Gasteiger charge is 2.08. The molecule has 1 atom stereocenters. The molecule has 0 aliphatic heterocycles. The highest BCUT2D eigenvalue weighted by atomic mass is 15.0. The Bertz CT molecular complexity index is 800. The number of rotatable bonds is 5. The standard InChI is InChI=1S/C19H21N5/c1-4-18-9-19(24-14(3)23-18)22-13(2)15-5-7-16(8-6-15)17-10-20-12-21-11-17/h5-13H,4H2,1-3H3,(H,22,23,24). The van der Waals surface area contributed by atoms with Crippen molar-refractivity contribution in [1.29, 1.82) is 0 Å². The second kappa shape index (κ2) is 7.17. The van der Waals surface area contributed by atoms with Crippen molar-refractivity contribution in [2.24, 2.45) is 0 Å². The molecule has 3 rings (SSSR count). The molecule has 0 aliphatic rings. The summed E-state index contributed by atoms with van der Waals surface area (Å²) in [7, 11) is 0. The molecular weight excluding hydrogens is 298 g/mol. The molecule has 2 aromatic heterocycles. The summed E-state index contributed by atoms with van der Waals surface area (Å²) < 4.78 is 0. The number of aromatic nitrogens is 4. The zero-order valence-electron chi connectivity index (χ0n) is 14.2. The first kappa shape index (κ1) is 16.1. The minimum absolute atomic E-state index is 0.157. The average molecular weight is 319 g/mol. The van der Waals surface area contributed by atoms with E-state index in [2.05, 4.69) is 63.4 Å². The lowest BCUT2D eigenvalue weighted by Crippen LogP contribution is -2.09. The van der Waals surface area contributed by atoms with Crippen LogP contribution in [0.2, 0.25) is 0 Å². The summed E-state index contributed by atoms with van der Waals surface area (Å²) >= 11 is 0. The van der Waals surface area contributed by atoms with Gasteiger partial charge in [-0.05, 0) is 31.4 Å². The van der Waals surface area contributed by atoms with Crippen LogP contribution in [0.4, 0.5) is 5.82 Å². The van der Waals surface area contributed by atoms with Crippen LogP contribution in [0.5, 0.6) is 0 Å². The molecule has 1 N–H and O–H groups in total. The summed E-state index contributed by atoms with van der Waals surface area (Å²) in [6.45, 7) is 6.15. The highest BCUT2D eigenvalue weighted by molar-refractivity contribution is 5.61. The smallest absolute Gasteiger partial charge is 0.130 e. The average Bonchev–Trinajstić information content (AvgIpc) is 2.62. The number of aryl methyl sites for hydroxylation is 2. The van der Waals surface area contributed by atoms with Gasteiger partial charge in [-0.25, -0.2) is 19.9 Å². The molecule has 1 aromatic carbocycles. The molecule has 0 aliphatic carbocycles. The third-order valence-electron chi connectivity index (χ3n) is 3.92. The molecule has 0 saturated heterocycles. The molecule has 0 bridgehead atoms. The van der Waals surface area contributed by atoms with Crippen molar-refractivity contribution in [2.75, 3.05) is 5.32 Å². The maximum absolute atomic E-state index is 4.47. The van der Waals surface area contributed by atoms with E-state index in [4.69, 9.17) is 0 Å². The van der Waals surface area contributed by atoms with Gasteiger partial charge in [0.05, 0.1) is 0 Å². The fourth-order valence-electron chi connectivity index (χ4n) is 2.60. The molecule has 0 amide bonds. The number of benzene rings is 1. The normalized spacial score (nSPS) is 12.0. The third kappa shape index (κ3) is 3.74. The molecule has 5 nitrogen and oxygen atoms in total. The summed E-state index contributed by atoms with van der Waals surface area (Å²) in [6.07, 6.45) is 6.08. The Labute approximate surface area is 142 Å². The Morgan fingerprint density at radius 2 is 1.71 bits per heavy atom. The first-order valence-electron chi connectivity index (χ1n) is 8.12. The predicted octanol–water partition coefficient (Wildman–Crippen LogP) is 3.98. The molecule has 2 heterocycles. The third-order valence-corrected chi connectivity index (χ3v) is 3.92. The first-order valence-corrected chi connectivity index (χ1v) is 8.12. The van der Waals surface area contributed by atoms with E-state index >= 15 is 0 Å². The maximum atomic E-state index is 4.47. The van der Waals surface area contributed by atoms with Crippen molar-refractivity contribution >= 4 is 5.82 Å². The minimum atomic E-state index is 0.157. The van der Waals surface area contributed by atoms with Gasteiger partial charge in [0.15, 0.2) is 0 Å². The van der Waals surface area contributed by atoms with Crippen molar-refractivity contribution in [3.63, 3.8) is 0 Å². The molecule has 0 saturated carbocycles. The minimum Gasteiger partial charge on any atom is -0.363 e. The van der Waals surface area contributed by atoms with Crippen molar-refractivity contribution < 1.29 is 0 Å².